The largest absolute Gasteiger partial charge is 0.383 e. The summed E-state index contributed by atoms with van der Waals surface area (Å²) in [4.78, 5) is 25.2. The van der Waals surface area contributed by atoms with E-state index in [0.29, 0.717) is 47.8 Å². The minimum Gasteiger partial charge on any atom is -0.383 e. The monoisotopic (exact) mass is 422 g/mol. The zero-order valence-electron chi connectivity index (χ0n) is 15.5. The van der Waals surface area contributed by atoms with Crippen molar-refractivity contribution in [2.75, 3.05) is 31.8 Å². The zero-order valence-corrected chi connectivity index (χ0v) is 17.0. The first-order valence-corrected chi connectivity index (χ1v) is 9.41. The lowest BCUT2D eigenvalue weighted by Gasteiger charge is -2.18. The van der Waals surface area contributed by atoms with Crippen molar-refractivity contribution < 1.29 is 9.53 Å². The van der Waals surface area contributed by atoms with Crippen molar-refractivity contribution in [2.24, 2.45) is 4.99 Å². The van der Waals surface area contributed by atoms with E-state index >= 15 is 0 Å². The molecule has 2 aromatic rings. The van der Waals surface area contributed by atoms with Crippen LogP contribution in [0, 0.1) is 6.92 Å². The van der Waals surface area contributed by atoms with Crippen molar-refractivity contribution >= 4 is 46.4 Å². The Labute approximate surface area is 172 Å². The summed E-state index contributed by atoms with van der Waals surface area (Å²) in [5.41, 5.74) is 4.37. The summed E-state index contributed by atoms with van der Waals surface area (Å²) in [6.45, 7) is 3.27. The molecule has 0 spiro atoms. The van der Waals surface area contributed by atoms with Crippen molar-refractivity contribution in [2.45, 2.75) is 13.3 Å². The normalized spacial score (nSPS) is 15.0. The molecule has 0 unspecified atom stereocenters. The molecule has 1 aromatic carbocycles. The molecule has 1 aliphatic heterocycles. The second-order valence-electron chi connectivity index (χ2n) is 6.08. The number of benzene rings is 1. The van der Waals surface area contributed by atoms with E-state index in [2.05, 4.69) is 25.7 Å². The molecular weight excluding hydrogens is 403 g/mol. The van der Waals surface area contributed by atoms with Crippen LogP contribution in [0.1, 0.15) is 22.7 Å². The van der Waals surface area contributed by atoms with Gasteiger partial charge in [0.1, 0.15) is 17.4 Å². The first-order chi connectivity index (χ1) is 13.5. The molecule has 1 saturated heterocycles. The first kappa shape index (κ1) is 20.3. The molecule has 0 atom stereocenters. The molecule has 0 radical (unpaired) electrons. The zero-order chi connectivity index (χ0) is 20.1. The number of aliphatic imine (C=N–C) groups is 1. The van der Waals surface area contributed by atoms with Gasteiger partial charge >= 0.3 is 0 Å². The van der Waals surface area contributed by atoms with Crippen LogP contribution >= 0.6 is 23.2 Å². The van der Waals surface area contributed by atoms with Gasteiger partial charge in [0, 0.05) is 32.7 Å². The topological polar surface area (TPSA) is 91.7 Å². The van der Waals surface area contributed by atoms with Gasteiger partial charge in [-0.3, -0.25) is 15.2 Å². The molecule has 148 valence electrons. The van der Waals surface area contributed by atoms with Gasteiger partial charge in [0.25, 0.3) is 5.91 Å². The van der Waals surface area contributed by atoms with Gasteiger partial charge in [-0.1, -0.05) is 23.2 Å². The number of nitrogens with one attached hydrogen (secondary N) is 2. The van der Waals surface area contributed by atoms with Gasteiger partial charge in [0.15, 0.2) is 5.82 Å². The molecule has 3 rings (SSSR count). The molecule has 1 fully saturated rings. The van der Waals surface area contributed by atoms with Gasteiger partial charge in [-0.15, -0.1) is 0 Å². The van der Waals surface area contributed by atoms with Crippen LogP contribution in [0.15, 0.2) is 29.3 Å². The number of aryl methyl sites for hydroxylation is 1. The number of ether oxygens (including phenoxy) is 1. The van der Waals surface area contributed by atoms with E-state index in [0.717, 1.165) is 11.5 Å². The summed E-state index contributed by atoms with van der Waals surface area (Å²) in [7, 11) is 1.57. The number of hydrogen-bond acceptors (Lipinski definition) is 6. The Morgan fingerprint density at radius 2 is 2.14 bits per heavy atom. The van der Waals surface area contributed by atoms with Crippen LogP contribution in [0.25, 0.3) is 0 Å². The van der Waals surface area contributed by atoms with Crippen LogP contribution in [-0.4, -0.2) is 48.5 Å². The van der Waals surface area contributed by atoms with Gasteiger partial charge in [-0.25, -0.2) is 15.0 Å². The number of carbonyl (C=O) groups is 1. The molecule has 10 heteroatoms. The number of amidine groups is 1. The van der Waals surface area contributed by atoms with Gasteiger partial charge in [-0.05, 0) is 25.1 Å². The maximum Gasteiger partial charge on any atom is 0.270 e. The lowest BCUT2D eigenvalue weighted by Crippen LogP contribution is -2.33. The summed E-state index contributed by atoms with van der Waals surface area (Å²) in [5.74, 6) is 1.33. The fraction of sp³-hybridized carbons (Fsp3) is 0.333. The van der Waals surface area contributed by atoms with Crippen LogP contribution in [-0.2, 0) is 4.74 Å². The molecule has 1 amide bonds. The number of methoxy groups -OCH3 is 1. The minimum absolute atomic E-state index is 0.266. The van der Waals surface area contributed by atoms with E-state index in [1.54, 1.807) is 32.2 Å². The van der Waals surface area contributed by atoms with E-state index < -0.39 is 0 Å². The van der Waals surface area contributed by atoms with Crippen LogP contribution in [0.4, 0.5) is 11.5 Å². The number of halogens is 2. The lowest BCUT2D eigenvalue weighted by molar-refractivity contribution is 0.0931. The maximum atomic E-state index is 12.2. The van der Waals surface area contributed by atoms with Crippen molar-refractivity contribution in [1.29, 1.82) is 0 Å². The number of carbonyl (C=O) groups excluding carboxylic acids is 1. The Kier molecular flexibility index (Phi) is 6.66. The Bertz CT molecular complexity index is 906. The molecular formula is C18H20Cl2N6O2. The third-order valence-electron chi connectivity index (χ3n) is 3.95. The smallest absolute Gasteiger partial charge is 0.270 e. The minimum atomic E-state index is -0.291. The van der Waals surface area contributed by atoms with E-state index in [4.69, 9.17) is 27.9 Å². The molecule has 2 heterocycles. The fourth-order valence-electron chi connectivity index (χ4n) is 2.63. The van der Waals surface area contributed by atoms with E-state index in [1.807, 2.05) is 11.1 Å². The van der Waals surface area contributed by atoms with Gasteiger partial charge < -0.3 is 10.1 Å². The Morgan fingerprint density at radius 1 is 1.32 bits per heavy atom. The standard InChI is InChI=1S/C18H20Cl2N6O2/c1-11-22-15(18(27)21-6-8-28-2)10-17(23-11)24-16-5-7-26(25-16)12-3-4-13(19)14(20)9-12/h3-4,9-10H,5-8H2,1-2H3,(H,21,27)(H,22,23,24,25). The van der Waals surface area contributed by atoms with Crippen LogP contribution in [0.3, 0.4) is 0 Å². The highest BCUT2D eigenvalue weighted by Gasteiger charge is 2.19. The number of hydrogen-bond donors (Lipinski definition) is 2. The summed E-state index contributed by atoms with van der Waals surface area (Å²) < 4.78 is 4.93. The first-order valence-electron chi connectivity index (χ1n) is 8.66. The number of nitrogens with zero attached hydrogens (tertiary/aromatic N) is 4. The average Bonchev–Trinajstić information content (AvgIpc) is 3.12. The van der Waals surface area contributed by atoms with Crippen molar-refractivity contribution in [3.63, 3.8) is 0 Å². The molecule has 8 nitrogen and oxygen atoms in total. The molecule has 2 N–H and O–H groups in total. The summed E-state index contributed by atoms with van der Waals surface area (Å²) >= 11 is 12.1. The third-order valence-corrected chi connectivity index (χ3v) is 4.69. The SMILES string of the molecule is COCCNC(=O)c1cc(N=C2CCN(c3ccc(Cl)c(Cl)c3)N2)nc(C)n1. The fourth-order valence-corrected chi connectivity index (χ4v) is 2.93. The van der Waals surface area contributed by atoms with Crippen LogP contribution in [0.2, 0.25) is 10.0 Å². The van der Waals surface area contributed by atoms with E-state index in [1.165, 1.54) is 0 Å². The second-order valence-corrected chi connectivity index (χ2v) is 6.89. The summed E-state index contributed by atoms with van der Waals surface area (Å²) in [6.07, 6.45) is 0.693. The summed E-state index contributed by atoms with van der Waals surface area (Å²) in [5, 5.41) is 5.65. The van der Waals surface area contributed by atoms with Gasteiger partial charge in [-0.2, -0.15) is 0 Å². The number of amides is 1. The molecule has 0 aliphatic carbocycles. The highest BCUT2D eigenvalue weighted by atomic mass is 35.5. The third kappa shape index (κ3) is 5.09. The second kappa shape index (κ2) is 9.18. The summed E-state index contributed by atoms with van der Waals surface area (Å²) in [6, 6.07) is 6.97. The highest BCUT2D eigenvalue weighted by molar-refractivity contribution is 6.42. The number of aromatic nitrogens is 2. The number of hydrazine groups is 1. The Hall–Kier alpha value is -2.42. The Balaban J connectivity index is 1.73. The number of anilines is 1. The Morgan fingerprint density at radius 3 is 2.89 bits per heavy atom. The molecule has 0 saturated carbocycles. The van der Waals surface area contributed by atoms with Crippen molar-refractivity contribution in [3.05, 3.63) is 45.8 Å². The van der Waals surface area contributed by atoms with E-state index in [-0.39, 0.29) is 11.6 Å². The predicted octanol–water partition coefficient (Wildman–Crippen LogP) is 2.91. The van der Waals surface area contributed by atoms with Crippen molar-refractivity contribution in [3.8, 4) is 0 Å². The predicted molar refractivity (Wildman–Crippen MR) is 110 cm³/mol. The molecule has 1 aromatic heterocycles. The van der Waals surface area contributed by atoms with E-state index in [9.17, 15) is 4.79 Å². The average molecular weight is 423 g/mol. The maximum absolute atomic E-state index is 12.2. The molecule has 1 aliphatic rings. The van der Waals surface area contributed by atoms with Crippen LogP contribution in [0.5, 0.6) is 0 Å². The van der Waals surface area contributed by atoms with Crippen LogP contribution < -0.4 is 15.8 Å². The lowest BCUT2D eigenvalue weighted by atomic mass is 10.3. The quantitative estimate of drug-likeness (QED) is 0.695. The highest BCUT2D eigenvalue weighted by Crippen LogP contribution is 2.27. The van der Waals surface area contributed by atoms with Crippen molar-refractivity contribution in [1.82, 2.24) is 20.7 Å². The molecule has 28 heavy (non-hydrogen) atoms. The van der Waals surface area contributed by atoms with Gasteiger partial charge in [0.2, 0.25) is 0 Å². The molecule has 0 bridgehead atoms. The number of rotatable bonds is 6. The van der Waals surface area contributed by atoms with Gasteiger partial charge in [0.05, 0.1) is 22.3 Å².